The summed E-state index contributed by atoms with van der Waals surface area (Å²) in [5.41, 5.74) is 0. The Morgan fingerprint density at radius 1 is 0.607 bits per heavy atom. The van der Waals surface area contributed by atoms with Crippen molar-refractivity contribution in [1.82, 2.24) is 0 Å². The lowest BCUT2D eigenvalue weighted by Gasteiger charge is -2.33. The Balaban J connectivity index is 1.27. The van der Waals surface area contributed by atoms with E-state index in [0.29, 0.717) is 54.1 Å². The van der Waals surface area contributed by atoms with E-state index in [0.717, 1.165) is 64.2 Å². The Hall–Kier alpha value is -1.39. The largest absolute Gasteiger partial charge is 0.481 e. The minimum atomic E-state index is -0.647. The van der Waals surface area contributed by atoms with E-state index in [9.17, 15) is 24.6 Å². The molecule has 156 valence electrons. The lowest BCUT2D eigenvalue weighted by Crippen LogP contribution is -2.30. The van der Waals surface area contributed by atoms with Crippen LogP contribution in [0.25, 0.3) is 0 Å². The van der Waals surface area contributed by atoms with Crippen molar-refractivity contribution in [3.8, 4) is 0 Å². The highest BCUT2D eigenvalue weighted by atomic mass is 16.4. The standard InChI is InChI=1S/C23H34O5/c24-19(11-15-3-1-13-9-17(22(25)26)5-7-20(13)15)12-16-4-2-14-10-18(23(27)28)6-8-21(14)16/h13-18,20-21H,1-12H2,(H,25,26)(H,27,28). The first-order valence-corrected chi connectivity index (χ1v) is 11.4. The average molecular weight is 391 g/mol. The van der Waals surface area contributed by atoms with Gasteiger partial charge < -0.3 is 10.2 Å². The Labute approximate surface area is 167 Å². The van der Waals surface area contributed by atoms with Crippen LogP contribution in [0.2, 0.25) is 0 Å². The number of carbonyl (C=O) groups is 3. The summed E-state index contributed by atoms with van der Waals surface area (Å²) in [4.78, 5) is 35.4. The molecular weight excluding hydrogens is 356 g/mol. The molecule has 8 atom stereocenters. The summed E-state index contributed by atoms with van der Waals surface area (Å²) in [5.74, 6) is 1.82. The maximum Gasteiger partial charge on any atom is 0.306 e. The van der Waals surface area contributed by atoms with Crippen LogP contribution in [0.4, 0.5) is 0 Å². The van der Waals surface area contributed by atoms with Gasteiger partial charge in [0, 0.05) is 12.8 Å². The van der Waals surface area contributed by atoms with Crippen LogP contribution in [0, 0.1) is 47.3 Å². The summed E-state index contributed by atoms with van der Waals surface area (Å²) < 4.78 is 0. The second-order valence-corrected chi connectivity index (χ2v) is 10.2. The zero-order chi connectivity index (χ0) is 19.8. The average Bonchev–Trinajstić information content (AvgIpc) is 3.25. The fraction of sp³-hybridized carbons (Fsp3) is 0.870. The minimum absolute atomic E-state index is 0.174. The zero-order valence-electron chi connectivity index (χ0n) is 16.7. The van der Waals surface area contributed by atoms with Crippen LogP contribution in [0.1, 0.15) is 77.0 Å². The Morgan fingerprint density at radius 2 is 1.04 bits per heavy atom. The van der Waals surface area contributed by atoms with E-state index in [1.165, 1.54) is 0 Å². The molecule has 0 bridgehead atoms. The number of carboxylic acids is 2. The van der Waals surface area contributed by atoms with Gasteiger partial charge in [-0.3, -0.25) is 14.4 Å². The Bertz CT molecular complexity index is 576. The van der Waals surface area contributed by atoms with E-state index < -0.39 is 11.9 Å². The molecule has 0 saturated heterocycles. The second-order valence-electron chi connectivity index (χ2n) is 10.2. The first-order valence-electron chi connectivity index (χ1n) is 11.4. The molecular formula is C23H34O5. The second kappa shape index (κ2) is 8.16. The van der Waals surface area contributed by atoms with Gasteiger partial charge in [0.05, 0.1) is 11.8 Å². The number of rotatable bonds is 6. The van der Waals surface area contributed by atoms with Crippen LogP contribution >= 0.6 is 0 Å². The molecule has 5 heteroatoms. The fourth-order valence-electron chi connectivity index (χ4n) is 7.39. The van der Waals surface area contributed by atoms with Crippen molar-refractivity contribution in [1.29, 1.82) is 0 Å². The molecule has 8 unspecified atom stereocenters. The van der Waals surface area contributed by atoms with Gasteiger partial charge in [0.25, 0.3) is 0 Å². The third kappa shape index (κ3) is 3.99. The molecule has 0 aromatic carbocycles. The highest BCUT2D eigenvalue weighted by Gasteiger charge is 2.44. The SMILES string of the molecule is O=C(CC1CCC2CC(C(=O)O)CCC12)CC1CCC2CC(C(=O)O)CCC12. The fourth-order valence-corrected chi connectivity index (χ4v) is 7.39. The quantitative estimate of drug-likeness (QED) is 0.702. The number of Topliss-reactive ketones (excluding diaryl/α,β-unsaturated/α-hetero) is 1. The van der Waals surface area contributed by atoms with Crippen LogP contribution in [0.3, 0.4) is 0 Å². The molecule has 0 radical (unpaired) electrons. The van der Waals surface area contributed by atoms with Gasteiger partial charge >= 0.3 is 11.9 Å². The Morgan fingerprint density at radius 3 is 1.43 bits per heavy atom. The van der Waals surface area contributed by atoms with Crippen LogP contribution in [-0.2, 0) is 14.4 Å². The highest BCUT2D eigenvalue weighted by Crippen LogP contribution is 2.51. The monoisotopic (exact) mass is 390 g/mol. The smallest absolute Gasteiger partial charge is 0.306 e. The topological polar surface area (TPSA) is 91.7 Å². The molecule has 4 rings (SSSR count). The van der Waals surface area contributed by atoms with Gasteiger partial charge in [0.2, 0.25) is 0 Å². The number of carbonyl (C=O) groups excluding carboxylic acids is 1. The summed E-state index contributed by atoms with van der Waals surface area (Å²) in [6, 6.07) is 0. The van der Waals surface area contributed by atoms with Gasteiger partial charge in [0.1, 0.15) is 5.78 Å². The van der Waals surface area contributed by atoms with Crippen molar-refractivity contribution in [3.63, 3.8) is 0 Å². The molecule has 0 aliphatic heterocycles. The summed E-state index contributed by atoms with van der Waals surface area (Å²) >= 11 is 0. The third-order valence-electron chi connectivity index (χ3n) is 8.79. The zero-order valence-corrected chi connectivity index (χ0v) is 16.7. The number of carboxylic acid groups (broad SMARTS) is 2. The molecule has 0 aromatic heterocycles. The summed E-state index contributed by atoms with van der Waals surface area (Å²) in [7, 11) is 0. The van der Waals surface area contributed by atoms with Crippen molar-refractivity contribution < 1.29 is 24.6 Å². The van der Waals surface area contributed by atoms with E-state index in [1.807, 2.05) is 0 Å². The van der Waals surface area contributed by atoms with Gasteiger partial charge in [-0.15, -0.1) is 0 Å². The van der Waals surface area contributed by atoms with E-state index in [1.54, 1.807) is 0 Å². The normalized spacial score (nSPS) is 42.6. The summed E-state index contributed by atoms with van der Waals surface area (Å²) in [6.45, 7) is 0. The van der Waals surface area contributed by atoms with E-state index in [4.69, 9.17) is 0 Å². The van der Waals surface area contributed by atoms with Gasteiger partial charge in [-0.05, 0) is 99.7 Å². The molecule has 28 heavy (non-hydrogen) atoms. The van der Waals surface area contributed by atoms with Gasteiger partial charge in [0.15, 0.2) is 0 Å². The van der Waals surface area contributed by atoms with Crippen molar-refractivity contribution >= 4 is 17.7 Å². The van der Waals surface area contributed by atoms with E-state index in [-0.39, 0.29) is 11.8 Å². The van der Waals surface area contributed by atoms with E-state index in [2.05, 4.69) is 0 Å². The van der Waals surface area contributed by atoms with Crippen LogP contribution < -0.4 is 0 Å². The molecule has 0 heterocycles. The van der Waals surface area contributed by atoms with Gasteiger partial charge in [-0.1, -0.05) is 0 Å². The molecule has 2 N–H and O–H groups in total. The van der Waals surface area contributed by atoms with Crippen molar-refractivity contribution in [3.05, 3.63) is 0 Å². The summed E-state index contributed by atoms with van der Waals surface area (Å²) in [5, 5.41) is 18.6. The summed E-state index contributed by atoms with van der Waals surface area (Å²) in [6.07, 6.45) is 10.9. The number of hydrogen-bond acceptors (Lipinski definition) is 3. The maximum absolute atomic E-state index is 12.9. The predicted octanol–water partition coefficient (Wildman–Crippen LogP) is 4.39. The maximum atomic E-state index is 12.9. The number of aliphatic carboxylic acids is 2. The lowest BCUT2D eigenvalue weighted by molar-refractivity contribution is -0.144. The Kier molecular flexibility index (Phi) is 5.80. The van der Waals surface area contributed by atoms with Crippen LogP contribution in [-0.4, -0.2) is 27.9 Å². The van der Waals surface area contributed by atoms with E-state index >= 15 is 0 Å². The molecule has 4 fully saturated rings. The molecule has 5 nitrogen and oxygen atoms in total. The lowest BCUT2D eigenvalue weighted by atomic mass is 9.71. The van der Waals surface area contributed by atoms with Gasteiger partial charge in [-0.25, -0.2) is 0 Å². The van der Waals surface area contributed by atoms with Crippen molar-refractivity contribution in [2.45, 2.75) is 77.0 Å². The third-order valence-corrected chi connectivity index (χ3v) is 8.79. The molecule has 0 amide bonds. The van der Waals surface area contributed by atoms with Gasteiger partial charge in [-0.2, -0.15) is 0 Å². The first kappa shape index (κ1) is 19.9. The molecule has 0 spiro atoms. The number of fused-ring (bicyclic) bond motifs is 2. The molecule has 4 saturated carbocycles. The first-order chi connectivity index (χ1) is 13.4. The van der Waals surface area contributed by atoms with Crippen molar-refractivity contribution in [2.75, 3.05) is 0 Å². The van der Waals surface area contributed by atoms with Crippen LogP contribution in [0.5, 0.6) is 0 Å². The molecule has 4 aliphatic carbocycles. The van der Waals surface area contributed by atoms with Crippen molar-refractivity contribution in [2.24, 2.45) is 47.3 Å². The number of hydrogen-bond donors (Lipinski definition) is 2. The highest BCUT2D eigenvalue weighted by molar-refractivity contribution is 5.79. The van der Waals surface area contributed by atoms with Crippen LogP contribution in [0.15, 0.2) is 0 Å². The number of ketones is 1. The molecule has 0 aromatic rings. The molecule has 4 aliphatic rings. The predicted molar refractivity (Wildman–Crippen MR) is 104 cm³/mol. The minimum Gasteiger partial charge on any atom is -0.481 e.